The van der Waals surface area contributed by atoms with Crippen LogP contribution in [0.5, 0.6) is 17.2 Å². The summed E-state index contributed by atoms with van der Waals surface area (Å²) in [7, 11) is 6.56. The van der Waals surface area contributed by atoms with Crippen molar-refractivity contribution in [3.8, 4) is 28.4 Å². The molecule has 7 nitrogen and oxygen atoms in total. The Morgan fingerprint density at radius 3 is 2.23 bits per heavy atom. The molecule has 2 aromatic heterocycles. The fourth-order valence-corrected chi connectivity index (χ4v) is 3.69. The minimum absolute atomic E-state index is 0.113. The molecular weight excluding hydrogens is 394 g/mol. The average Bonchev–Trinajstić information content (AvgIpc) is 3.20. The Hall–Kier alpha value is -3.74. The normalized spacial score (nSPS) is 11.0. The number of aryl methyl sites for hydroxylation is 1. The molecular formula is C24H24N3O4. The zero-order valence-electron chi connectivity index (χ0n) is 18.0. The van der Waals surface area contributed by atoms with E-state index >= 15 is 0 Å². The SMILES string of the molecule is [CH2]c1c(OC)cc(-c2cn(C)c(=O)c3c2cnn3Cc2ccc(OC)cc2)cc1OC. The van der Waals surface area contributed by atoms with Crippen molar-refractivity contribution in [3.05, 3.63) is 77.2 Å². The van der Waals surface area contributed by atoms with Crippen LogP contribution in [0.1, 0.15) is 11.1 Å². The topological polar surface area (TPSA) is 67.5 Å². The Morgan fingerprint density at radius 2 is 1.65 bits per heavy atom. The van der Waals surface area contributed by atoms with Crippen molar-refractivity contribution < 1.29 is 14.2 Å². The molecule has 0 aliphatic rings. The van der Waals surface area contributed by atoms with Gasteiger partial charge in [0.15, 0.2) is 0 Å². The van der Waals surface area contributed by atoms with Crippen LogP contribution in [0.4, 0.5) is 0 Å². The lowest BCUT2D eigenvalue weighted by Gasteiger charge is -2.14. The van der Waals surface area contributed by atoms with E-state index in [2.05, 4.69) is 12.0 Å². The summed E-state index contributed by atoms with van der Waals surface area (Å²) in [4.78, 5) is 13.0. The van der Waals surface area contributed by atoms with Crippen molar-refractivity contribution in [2.45, 2.75) is 6.54 Å². The monoisotopic (exact) mass is 418 g/mol. The molecule has 2 aromatic carbocycles. The summed E-state index contributed by atoms with van der Waals surface area (Å²) in [5, 5.41) is 5.28. The molecule has 4 aromatic rings. The van der Waals surface area contributed by atoms with Gasteiger partial charge in [0.25, 0.3) is 5.56 Å². The number of fused-ring (bicyclic) bond motifs is 1. The molecule has 0 aliphatic carbocycles. The van der Waals surface area contributed by atoms with Crippen LogP contribution in [0, 0.1) is 6.92 Å². The predicted molar refractivity (Wildman–Crippen MR) is 120 cm³/mol. The fraction of sp³-hybridized carbons (Fsp3) is 0.208. The summed E-state index contributed by atoms with van der Waals surface area (Å²) in [5.41, 5.74) is 3.82. The third-order valence-corrected chi connectivity index (χ3v) is 5.39. The van der Waals surface area contributed by atoms with Crippen LogP contribution in [-0.2, 0) is 13.6 Å². The Morgan fingerprint density at radius 1 is 1.00 bits per heavy atom. The van der Waals surface area contributed by atoms with Gasteiger partial charge >= 0.3 is 0 Å². The predicted octanol–water partition coefficient (Wildman–Crippen LogP) is 3.66. The number of benzene rings is 2. The number of pyridine rings is 1. The Balaban J connectivity index is 1.87. The fourth-order valence-electron chi connectivity index (χ4n) is 3.69. The van der Waals surface area contributed by atoms with Crippen molar-refractivity contribution in [2.75, 3.05) is 21.3 Å². The van der Waals surface area contributed by atoms with Crippen molar-refractivity contribution in [1.29, 1.82) is 0 Å². The van der Waals surface area contributed by atoms with E-state index in [1.165, 1.54) is 0 Å². The van der Waals surface area contributed by atoms with Crippen LogP contribution in [0.3, 0.4) is 0 Å². The quantitative estimate of drug-likeness (QED) is 0.478. The third kappa shape index (κ3) is 3.63. The first-order valence-electron chi connectivity index (χ1n) is 9.73. The van der Waals surface area contributed by atoms with Gasteiger partial charge in [0, 0.05) is 29.8 Å². The summed E-state index contributed by atoms with van der Waals surface area (Å²) in [6.07, 6.45) is 3.54. The second kappa shape index (κ2) is 8.18. The number of ether oxygens (including phenoxy) is 3. The molecule has 1 radical (unpaired) electrons. The first kappa shape index (κ1) is 20.5. The van der Waals surface area contributed by atoms with E-state index in [0.717, 1.165) is 27.8 Å². The minimum Gasteiger partial charge on any atom is -0.497 e. The van der Waals surface area contributed by atoms with Crippen molar-refractivity contribution in [1.82, 2.24) is 14.3 Å². The largest absolute Gasteiger partial charge is 0.497 e. The number of aromatic nitrogens is 3. The van der Waals surface area contributed by atoms with Crippen LogP contribution in [0.25, 0.3) is 22.0 Å². The Labute approximate surface area is 180 Å². The average molecular weight is 418 g/mol. The van der Waals surface area contributed by atoms with Crippen LogP contribution in [0.15, 0.2) is 53.6 Å². The first-order chi connectivity index (χ1) is 15.0. The maximum Gasteiger partial charge on any atom is 0.276 e. The molecule has 4 rings (SSSR count). The lowest BCUT2D eigenvalue weighted by molar-refractivity contribution is 0.391. The molecule has 0 aliphatic heterocycles. The maximum absolute atomic E-state index is 13.0. The van der Waals surface area contributed by atoms with Crippen LogP contribution < -0.4 is 19.8 Å². The van der Waals surface area contributed by atoms with Gasteiger partial charge in [0.1, 0.15) is 22.8 Å². The van der Waals surface area contributed by atoms with Gasteiger partial charge in [0.2, 0.25) is 0 Å². The van der Waals surface area contributed by atoms with E-state index in [4.69, 9.17) is 14.2 Å². The molecule has 159 valence electrons. The number of nitrogens with zero attached hydrogens (tertiary/aromatic N) is 3. The number of hydrogen-bond acceptors (Lipinski definition) is 5. The highest BCUT2D eigenvalue weighted by Crippen LogP contribution is 2.36. The van der Waals surface area contributed by atoms with E-state index in [-0.39, 0.29) is 5.56 Å². The molecule has 31 heavy (non-hydrogen) atoms. The second-order valence-corrected chi connectivity index (χ2v) is 7.23. The van der Waals surface area contributed by atoms with E-state index in [1.54, 1.807) is 50.0 Å². The highest BCUT2D eigenvalue weighted by molar-refractivity contribution is 5.94. The molecule has 2 heterocycles. The van der Waals surface area contributed by atoms with Crippen LogP contribution in [-0.4, -0.2) is 35.7 Å². The van der Waals surface area contributed by atoms with Gasteiger partial charge < -0.3 is 18.8 Å². The van der Waals surface area contributed by atoms with E-state index in [1.807, 2.05) is 36.4 Å². The molecule has 0 unspecified atom stereocenters. The van der Waals surface area contributed by atoms with Gasteiger partial charge in [-0.05, 0) is 42.3 Å². The van der Waals surface area contributed by atoms with Gasteiger partial charge in [0.05, 0.1) is 34.1 Å². The van der Waals surface area contributed by atoms with Crippen LogP contribution >= 0.6 is 0 Å². The number of rotatable bonds is 6. The second-order valence-electron chi connectivity index (χ2n) is 7.23. The Bertz CT molecular complexity index is 1280. The first-order valence-corrected chi connectivity index (χ1v) is 9.73. The molecule has 7 heteroatoms. The molecule has 0 amide bonds. The molecule has 0 atom stereocenters. The van der Waals surface area contributed by atoms with Gasteiger partial charge in [-0.3, -0.25) is 9.48 Å². The Kier molecular flexibility index (Phi) is 5.42. The van der Waals surface area contributed by atoms with Crippen molar-refractivity contribution in [3.63, 3.8) is 0 Å². The van der Waals surface area contributed by atoms with E-state index in [9.17, 15) is 4.79 Å². The zero-order chi connectivity index (χ0) is 22.1. The summed E-state index contributed by atoms with van der Waals surface area (Å²) < 4.78 is 19.5. The van der Waals surface area contributed by atoms with Gasteiger partial charge in [-0.25, -0.2) is 0 Å². The zero-order valence-corrected chi connectivity index (χ0v) is 18.0. The van der Waals surface area contributed by atoms with Gasteiger partial charge in [-0.1, -0.05) is 12.1 Å². The van der Waals surface area contributed by atoms with Crippen LogP contribution in [0.2, 0.25) is 0 Å². The number of methoxy groups -OCH3 is 3. The lowest BCUT2D eigenvalue weighted by Crippen LogP contribution is -2.20. The smallest absolute Gasteiger partial charge is 0.276 e. The maximum atomic E-state index is 13.0. The van der Waals surface area contributed by atoms with Gasteiger partial charge in [-0.2, -0.15) is 5.10 Å². The minimum atomic E-state index is -0.113. The summed E-state index contributed by atoms with van der Waals surface area (Å²) in [6, 6.07) is 11.5. The summed E-state index contributed by atoms with van der Waals surface area (Å²) >= 11 is 0. The summed E-state index contributed by atoms with van der Waals surface area (Å²) in [5.74, 6) is 2.01. The number of hydrogen-bond donors (Lipinski definition) is 0. The molecule has 0 fully saturated rings. The lowest BCUT2D eigenvalue weighted by atomic mass is 10.0. The molecule has 0 bridgehead atoms. The van der Waals surface area contributed by atoms with E-state index < -0.39 is 0 Å². The van der Waals surface area contributed by atoms with Gasteiger partial charge in [-0.15, -0.1) is 0 Å². The molecule has 0 saturated carbocycles. The highest BCUT2D eigenvalue weighted by Gasteiger charge is 2.17. The standard InChI is InChI=1S/C24H24N3O4/c1-15-21(30-4)10-17(11-22(15)31-5)20-14-26(2)24(28)23-19(20)12-25-27(23)13-16-6-8-18(29-3)9-7-16/h6-12,14H,1,13H2,2-5H3. The summed E-state index contributed by atoms with van der Waals surface area (Å²) in [6.45, 7) is 4.49. The molecule has 0 spiro atoms. The third-order valence-electron chi connectivity index (χ3n) is 5.39. The molecule has 0 N–H and O–H groups in total. The van der Waals surface area contributed by atoms with E-state index in [0.29, 0.717) is 29.1 Å². The molecule has 0 saturated heterocycles. The highest BCUT2D eigenvalue weighted by atomic mass is 16.5. The van der Waals surface area contributed by atoms with Crippen molar-refractivity contribution >= 4 is 10.9 Å². The van der Waals surface area contributed by atoms with Crippen molar-refractivity contribution in [2.24, 2.45) is 7.05 Å².